The highest BCUT2D eigenvalue weighted by Crippen LogP contribution is 2.38. The molecule has 0 spiro atoms. The van der Waals surface area contributed by atoms with E-state index in [1.165, 1.54) is 18.4 Å². The average molecular weight is 228 g/mol. The third-order valence-corrected chi connectivity index (χ3v) is 3.57. The van der Waals surface area contributed by atoms with Gasteiger partial charge >= 0.3 is 0 Å². The summed E-state index contributed by atoms with van der Waals surface area (Å²) < 4.78 is 1.66. The van der Waals surface area contributed by atoms with Gasteiger partial charge in [-0.25, -0.2) is 4.68 Å². The molecule has 0 amide bonds. The van der Waals surface area contributed by atoms with Crippen LogP contribution < -0.4 is 5.56 Å². The van der Waals surface area contributed by atoms with Crippen molar-refractivity contribution in [2.24, 2.45) is 0 Å². The molecule has 0 unspecified atom stereocenters. The largest absolute Gasteiger partial charge is 0.295 e. The second-order valence-electron chi connectivity index (χ2n) is 4.88. The fourth-order valence-electron chi connectivity index (χ4n) is 2.17. The monoisotopic (exact) mass is 228 g/mol. The van der Waals surface area contributed by atoms with E-state index in [1.54, 1.807) is 10.7 Å². The number of hydrogen-bond acceptors (Lipinski definition) is 1. The standard InChI is InChI=1S/C14H16N2O/c1-9-4-3-5-13(10(9)2)16-14(17)8-12(15-16)11-6-7-11/h3-5,8,11,15H,6-7H2,1-2H3. The smallest absolute Gasteiger partial charge is 0.271 e. The Labute approximate surface area is 100 Å². The van der Waals surface area contributed by atoms with Gasteiger partial charge in [0, 0.05) is 17.7 Å². The Kier molecular flexibility index (Phi) is 2.21. The van der Waals surface area contributed by atoms with Crippen LogP contribution in [0.25, 0.3) is 5.69 Å². The Balaban J connectivity index is 2.14. The maximum atomic E-state index is 12.0. The Morgan fingerprint density at radius 1 is 1.29 bits per heavy atom. The van der Waals surface area contributed by atoms with Gasteiger partial charge in [0.15, 0.2) is 0 Å². The first-order valence-corrected chi connectivity index (χ1v) is 6.05. The number of aromatic nitrogens is 2. The van der Waals surface area contributed by atoms with Crippen LogP contribution in [0.5, 0.6) is 0 Å². The van der Waals surface area contributed by atoms with E-state index in [1.807, 2.05) is 12.1 Å². The molecule has 1 aromatic carbocycles. The number of rotatable bonds is 2. The molecule has 1 aliphatic carbocycles. The molecule has 1 aliphatic rings. The Bertz CT molecular complexity index is 617. The van der Waals surface area contributed by atoms with Crippen molar-refractivity contribution in [3.63, 3.8) is 0 Å². The highest BCUT2D eigenvalue weighted by Gasteiger charge is 2.26. The van der Waals surface area contributed by atoms with Gasteiger partial charge in [-0.05, 0) is 43.9 Å². The predicted octanol–water partition coefficient (Wildman–Crippen LogP) is 2.66. The molecule has 88 valence electrons. The molecular formula is C14H16N2O. The number of nitrogens with one attached hydrogen (secondary N) is 1. The molecule has 0 saturated heterocycles. The van der Waals surface area contributed by atoms with Crippen LogP contribution in [-0.4, -0.2) is 9.78 Å². The summed E-state index contributed by atoms with van der Waals surface area (Å²) in [6.45, 7) is 4.11. The molecule has 1 heterocycles. The van der Waals surface area contributed by atoms with Gasteiger partial charge < -0.3 is 0 Å². The van der Waals surface area contributed by atoms with Crippen molar-refractivity contribution in [1.82, 2.24) is 9.78 Å². The SMILES string of the molecule is Cc1cccc(-n2[nH]c(C3CC3)cc2=O)c1C. The van der Waals surface area contributed by atoms with Crippen molar-refractivity contribution in [3.8, 4) is 5.69 Å². The Morgan fingerprint density at radius 2 is 2.06 bits per heavy atom. The highest BCUT2D eigenvalue weighted by molar-refractivity contribution is 5.44. The van der Waals surface area contributed by atoms with Gasteiger partial charge in [0.2, 0.25) is 0 Å². The van der Waals surface area contributed by atoms with Crippen molar-refractivity contribution in [2.75, 3.05) is 0 Å². The summed E-state index contributed by atoms with van der Waals surface area (Å²) in [7, 11) is 0. The molecule has 3 rings (SSSR count). The van der Waals surface area contributed by atoms with Gasteiger partial charge in [0.1, 0.15) is 0 Å². The van der Waals surface area contributed by atoms with Crippen molar-refractivity contribution in [2.45, 2.75) is 32.6 Å². The van der Waals surface area contributed by atoms with Gasteiger partial charge in [-0.15, -0.1) is 0 Å². The van der Waals surface area contributed by atoms with Crippen LogP contribution in [0.2, 0.25) is 0 Å². The lowest BCUT2D eigenvalue weighted by molar-refractivity contribution is 0.809. The van der Waals surface area contributed by atoms with E-state index in [4.69, 9.17) is 0 Å². The van der Waals surface area contributed by atoms with Crippen molar-refractivity contribution >= 4 is 0 Å². The summed E-state index contributed by atoms with van der Waals surface area (Å²) in [6.07, 6.45) is 2.40. The lowest BCUT2D eigenvalue weighted by Gasteiger charge is -2.08. The lowest BCUT2D eigenvalue weighted by Crippen LogP contribution is -2.14. The molecule has 0 atom stereocenters. The highest BCUT2D eigenvalue weighted by atomic mass is 16.1. The van der Waals surface area contributed by atoms with E-state index < -0.39 is 0 Å². The molecule has 3 heteroatoms. The van der Waals surface area contributed by atoms with Gasteiger partial charge in [0.05, 0.1) is 5.69 Å². The molecule has 0 bridgehead atoms. The van der Waals surface area contributed by atoms with E-state index in [-0.39, 0.29) is 5.56 Å². The van der Waals surface area contributed by atoms with Crippen LogP contribution in [-0.2, 0) is 0 Å². The number of aryl methyl sites for hydroxylation is 1. The van der Waals surface area contributed by atoms with Crippen LogP contribution in [0, 0.1) is 13.8 Å². The van der Waals surface area contributed by atoms with E-state index in [2.05, 4.69) is 25.0 Å². The van der Waals surface area contributed by atoms with E-state index >= 15 is 0 Å². The van der Waals surface area contributed by atoms with E-state index in [9.17, 15) is 4.79 Å². The van der Waals surface area contributed by atoms with Crippen LogP contribution >= 0.6 is 0 Å². The number of aromatic amines is 1. The molecule has 0 aliphatic heterocycles. The second kappa shape index (κ2) is 3.62. The lowest BCUT2D eigenvalue weighted by atomic mass is 10.1. The molecule has 1 aromatic heterocycles. The summed E-state index contributed by atoms with van der Waals surface area (Å²) in [4.78, 5) is 12.0. The molecule has 1 N–H and O–H groups in total. The third-order valence-electron chi connectivity index (χ3n) is 3.57. The number of H-pyrrole nitrogens is 1. The second-order valence-corrected chi connectivity index (χ2v) is 4.88. The van der Waals surface area contributed by atoms with E-state index in [0.29, 0.717) is 5.92 Å². The first-order chi connectivity index (χ1) is 8.16. The molecule has 17 heavy (non-hydrogen) atoms. The molecule has 1 fully saturated rings. The summed E-state index contributed by atoms with van der Waals surface area (Å²) in [5, 5.41) is 3.23. The zero-order valence-electron chi connectivity index (χ0n) is 10.2. The van der Waals surface area contributed by atoms with Crippen molar-refractivity contribution < 1.29 is 0 Å². The Morgan fingerprint density at radius 3 is 2.76 bits per heavy atom. The molecule has 2 aromatic rings. The fourth-order valence-corrected chi connectivity index (χ4v) is 2.17. The summed E-state index contributed by atoms with van der Waals surface area (Å²) in [6, 6.07) is 7.77. The Hall–Kier alpha value is -1.77. The van der Waals surface area contributed by atoms with Crippen LogP contribution in [0.1, 0.15) is 35.6 Å². The minimum Gasteiger partial charge on any atom is -0.295 e. The van der Waals surface area contributed by atoms with Gasteiger partial charge in [-0.3, -0.25) is 9.89 Å². The molecule has 1 saturated carbocycles. The zero-order valence-corrected chi connectivity index (χ0v) is 10.2. The maximum Gasteiger partial charge on any atom is 0.271 e. The zero-order chi connectivity index (χ0) is 12.0. The van der Waals surface area contributed by atoms with Gasteiger partial charge in [-0.1, -0.05) is 12.1 Å². The summed E-state index contributed by atoms with van der Waals surface area (Å²) in [5.74, 6) is 0.578. The van der Waals surface area contributed by atoms with Crippen LogP contribution in [0.4, 0.5) is 0 Å². The third kappa shape index (κ3) is 1.71. The first kappa shape index (κ1) is 10.4. The maximum absolute atomic E-state index is 12.0. The van der Waals surface area contributed by atoms with Crippen LogP contribution in [0.3, 0.4) is 0 Å². The quantitative estimate of drug-likeness (QED) is 0.843. The summed E-state index contributed by atoms with van der Waals surface area (Å²) in [5.41, 5.74) is 4.44. The number of benzene rings is 1. The molecule has 0 radical (unpaired) electrons. The van der Waals surface area contributed by atoms with Gasteiger partial charge in [-0.2, -0.15) is 0 Å². The van der Waals surface area contributed by atoms with Crippen molar-refractivity contribution in [1.29, 1.82) is 0 Å². The number of hydrogen-bond donors (Lipinski definition) is 1. The number of nitrogens with zero attached hydrogens (tertiary/aromatic N) is 1. The normalized spacial score (nSPS) is 15.2. The van der Waals surface area contributed by atoms with Gasteiger partial charge in [0.25, 0.3) is 5.56 Å². The van der Waals surface area contributed by atoms with E-state index in [0.717, 1.165) is 16.9 Å². The fraction of sp³-hybridized carbons (Fsp3) is 0.357. The van der Waals surface area contributed by atoms with Crippen LogP contribution in [0.15, 0.2) is 29.1 Å². The summed E-state index contributed by atoms with van der Waals surface area (Å²) >= 11 is 0. The van der Waals surface area contributed by atoms with Crippen molar-refractivity contribution in [3.05, 3.63) is 51.4 Å². The average Bonchev–Trinajstić information content (AvgIpc) is 3.07. The predicted molar refractivity (Wildman–Crippen MR) is 67.8 cm³/mol. The molecule has 3 nitrogen and oxygen atoms in total. The first-order valence-electron chi connectivity index (χ1n) is 6.05. The minimum atomic E-state index is 0.0422. The molecular weight excluding hydrogens is 212 g/mol. The topological polar surface area (TPSA) is 37.8 Å². The minimum absolute atomic E-state index is 0.0422.